The van der Waals surface area contributed by atoms with Crippen molar-refractivity contribution in [3.63, 3.8) is 0 Å². The highest BCUT2D eigenvalue weighted by Crippen LogP contribution is 2.30. The first-order valence-electron chi connectivity index (χ1n) is 10.3. The number of aromatic nitrogens is 5. The minimum absolute atomic E-state index is 0.265. The average Bonchev–Trinajstić information content (AvgIpc) is 3.24. The predicted molar refractivity (Wildman–Crippen MR) is 102 cm³/mol. The molecule has 0 unspecified atom stereocenters. The summed E-state index contributed by atoms with van der Waals surface area (Å²) in [5, 5.41) is 8.86. The van der Waals surface area contributed by atoms with Gasteiger partial charge in [0, 0.05) is 44.4 Å². The Morgan fingerprint density at radius 2 is 1.81 bits per heavy atom. The lowest BCUT2D eigenvalue weighted by molar-refractivity contribution is -0.137. The minimum atomic E-state index is 0.265. The van der Waals surface area contributed by atoms with Gasteiger partial charge in [-0.15, -0.1) is 10.2 Å². The quantitative estimate of drug-likeness (QED) is 0.776. The molecule has 2 fully saturated rings. The summed E-state index contributed by atoms with van der Waals surface area (Å²) in [5.41, 5.74) is 0. The normalized spacial score (nSPS) is 20.0. The Labute approximate surface area is 160 Å². The molecule has 2 aromatic heterocycles. The molecule has 0 aromatic carbocycles. The lowest BCUT2D eigenvalue weighted by Crippen LogP contribution is -2.41. The third-order valence-corrected chi connectivity index (χ3v) is 6.26. The Bertz CT molecular complexity index is 737. The van der Waals surface area contributed by atoms with Crippen molar-refractivity contribution in [2.75, 3.05) is 13.1 Å². The molecular weight excluding hydrogens is 340 g/mol. The van der Waals surface area contributed by atoms with Gasteiger partial charge in [-0.25, -0.2) is 4.98 Å². The van der Waals surface area contributed by atoms with E-state index in [1.54, 1.807) is 12.5 Å². The summed E-state index contributed by atoms with van der Waals surface area (Å²) >= 11 is 0. The molecule has 1 saturated heterocycles. The van der Waals surface area contributed by atoms with Crippen molar-refractivity contribution in [2.24, 2.45) is 13.0 Å². The van der Waals surface area contributed by atoms with Crippen molar-refractivity contribution in [3.8, 4) is 0 Å². The Morgan fingerprint density at radius 3 is 2.48 bits per heavy atom. The third kappa shape index (κ3) is 4.06. The molecule has 27 heavy (non-hydrogen) atoms. The summed E-state index contributed by atoms with van der Waals surface area (Å²) in [4.78, 5) is 19.1. The predicted octanol–water partition coefficient (Wildman–Crippen LogP) is 2.74. The molecule has 0 N–H and O–H groups in total. The van der Waals surface area contributed by atoms with Gasteiger partial charge in [0.05, 0.1) is 12.9 Å². The summed E-state index contributed by atoms with van der Waals surface area (Å²) in [7, 11) is 2.05. The van der Waals surface area contributed by atoms with Crippen molar-refractivity contribution < 1.29 is 4.79 Å². The summed E-state index contributed by atoms with van der Waals surface area (Å²) in [6, 6.07) is 0. The van der Waals surface area contributed by atoms with E-state index >= 15 is 0 Å². The summed E-state index contributed by atoms with van der Waals surface area (Å²) < 4.78 is 4.12. The lowest BCUT2D eigenvalue weighted by atomic mass is 9.93. The van der Waals surface area contributed by atoms with Gasteiger partial charge in [-0.2, -0.15) is 0 Å². The van der Waals surface area contributed by atoms with Crippen molar-refractivity contribution in [1.29, 1.82) is 0 Å². The SMILES string of the molecule is Cn1c(Cn2ccnc2)nnc1C1CCN(C(=O)C2CCCCCC2)CC1. The molecule has 0 radical (unpaired) electrons. The maximum Gasteiger partial charge on any atom is 0.225 e. The van der Waals surface area contributed by atoms with E-state index in [0.717, 1.165) is 50.4 Å². The van der Waals surface area contributed by atoms with E-state index in [1.165, 1.54) is 25.7 Å². The van der Waals surface area contributed by atoms with Crippen molar-refractivity contribution >= 4 is 5.91 Å². The van der Waals surface area contributed by atoms with Crippen molar-refractivity contribution in [1.82, 2.24) is 29.2 Å². The van der Waals surface area contributed by atoms with E-state index in [4.69, 9.17) is 0 Å². The molecule has 0 bridgehead atoms. The number of nitrogens with zero attached hydrogens (tertiary/aromatic N) is 6. The molecule has 0 atom stereocenters. The van der Waals surface area contributed by atoms with E-state index in [9.17, 15) is 4.79 Å². The smallest absolute Gasteiger partial charge is 0.225 e. The highest BCUT2D eigenvalue weighted by Gasteiger charge is 2.30. The fourth-order valence-corrected chi connectivity index (χ4v) is 4.55. The van der Waals surface area contributed by atoms with Crippen LogP contribution in [0.5, 0.6) is 0 Å². The van der Waals surface area contributed by atoms with E-state index in [-0.39, 0.29) is 5.92 Å². The molecule has 2 aromatic rings. The number of carbonyl (C=O) groups excluding carboxylic acids is 1. The number of piperidine rings is 1. The van der Waals surface area contributed by atoms with E-state index in [1.807, 2.05) is 17.8 Å². The number of amides is 1. The minimum Gasteiger partial charge on any atom is -0.342 e. The number of likely N-dealkylation sites (tertiary alicyclic amines) is 1. The van der Waals surface area contributed by atoms with Crippen LogP contribution in [0.2, 0.25) is 0 Å². The average molecular weight is 371 g/mol. The van der Waals surface area contributed by atoms with Crippen molar-refractivity contribution in [3.05, 3.63) is 30.4 Å². The molecule has 7 nitrogen and oxygen atoms in total. The Kier molecular flexibility index (Phi) is 5.55. The number of hydrogen-bond acceptors (Lipinski definition) is 4. The maximum absolute atomic E-state index is 12.9. The first-order chi connectivity index (χ1) is 13.2. The van der Waals surface area contributed by atoms with Crippen LogP contribution in [0.4, 0.5) is 0 Å². The molecule has 7 heteroatoms. The van der Waals surface area contributed by atoms with E-state index in [2.05, 4.69) is 24.6 Å². The number of carbonyl (C=O) groups is 1. The largest absolute Gasteiger partial charge is 0.342 e. The van der Waals surface area contributed by atoms with E-state index < -0.39 is 0 Å². The zero-order chi connectivity index (χ0) is 18.6. The van der Waals surface area contributed by atoms with Crippen LogP contribution in [0.25, 0.3) is 0 Å². The Hall–Kier alpha value is -2.18. The van der Waals surface area contributed by atoms with Gasteiger partial charge in [0.1, 0.15) is 5.82 Å². The Morgan fingerprint density at radius 1 is 1.07 bits per heavy atom. The van der Waals surface area contributed by atoms with Crippen LogP contribution in [-0.4, -0.2) is 48.2 Å². The fourth-order valence-electron chi connectivity index (χ4n) is 4.55. The molecule has 146 valence electrons. The monoisotopic (exact) mass is 370 g/mol. The second-order valence-electron chi connectivity index (χ2n) is 8.06. The van der Waals surface area contributed by atoms with Crippen LogP contribution < -0.4 is 0 Å². The van der Waals surface area contributed by atoms with Crippen LogP contribution in [0.3, 0.4) is 0 Å². The second kappa shape index (κ2) is 8.23. The molecular formula is C20H30N6O. The molecule has 1 amide bonds. The van der Waals surface area contributed by atoms with Gasteiger partial charge in [-0.3, -0.25) is 4.79 Å². The highest BCUT2D eigenvalue weighted by molar-refractivity contribution is 5.79. The zero-order valence-corrected chi connectivity index (χ0v) is 16.3. The number of hydrogen-bond donors (Lipinski definition) is 0. The molecule has 4 rings (SSSR count). The topological polar surface area (TPSA) is 68.8 Å². The maximum atomic E-state index is 12.9. The Balaban J connectivity index is 1.35. The lowest BCUT2D eigenvalue weighted by Gasteiger charge is -2.33. The van der Waals surface area contributed by atoms with Crippen LogP contribution in [0.1, 0.15) is 68.9 Å². The van der Waals surface area contributed by atoms with Gasteiger partial charge < -0.3 is 14.0 Å². The molecule has 1 saturated carbocycles. The van der Waals surface area contributed by atoms with Crippen LogP contribution in [-0.2, 0) is 18.4 Å². The zero-order valence-electron chi connectivity index (χ0n) is 16.3. The van der Waals surface area contributed by atoms with Gasteiger partial charge >= 0.3 is 0 Å². The molecule has 0 spiro atoms. The summed E-state index contributed by atoms with van der Waals surface area (Å²) in [6.07, 6.45) is 14.6. The highest BCUT2D eigenvalue weighted by atomic mass is 16.2. The molecule has 1 aliphatic heterocycles. The second-order valence-corrected chi connectivity index (χ2v) is 8.06. The molecule has 2 aliphatic rings. The molecule has 3 heterocycles. The first kappa shape index (κ1) is 18.2. The number of imidazole rings is 1. The van der Waals surface area contributed by atoms with Gasteiger partial charge in [-0.05, 0) is 25.7 Å². The summed E-state index contributed by atoms with van der Waals surface area (Å²) in [6.45, 7) is 2.38. The van der Waals surface area contributed by atoms with Gasteiger partial charge in [0.15, 0.2) is 5.82 Å². The standard InChI is InChI=1S/C20H30N6O/c1-24-18(14-25-13-10-21-15-25)22-23-19(24)16-8-11-26(12-9-16)20(27)17-6-4-2-3-5-7-17/h10,13,15-17H,2-9,11-12,14H2,1H3. The van der Waals surface area contributed by atoms with Crippen molar-refractivity contribution in [2.45, 2.75) is 63.8 Å². The first-order valence-corrected chi connectivity index (χ1v) is 10.3. The summed E-state index contributed by atoms with van der Waals surface area (Å²) in [5.74, 6) is 3.04. The van der Waals surface area contributed by atoms with Crippen LogP contribution in [0.15, 0.2) is 18.7 Å². The van der Waals surface area contributed by atoms with Gasteiger partial charge in [0.2, 0.25) is 5.91 Å². The fraction of sp³-hybridized carbons (Fsp3) is 0.700. The van der Waals surface area contributed by atoms with E-state index in [0.29, 0.717) is 18.4 Å². The van der Waals surface area contributed by atoms with Crippen LogP contribution in [0, 0.1) is 5.92 Å². The molecule has 1 aliphatic carbocycles. The van der Waals surface area contributed by atoms with Gasteiger partial charge in [-0.1, -0.05) is 25.7 Å². The number of rotatable bonds is 4. The van der Waals surface area contributed by atoms with Gasteiger partial charge in [0.25, 0.3) is 0 Å². The van der Waals surface area contributed by atoms with Crippen LogP contribution >= 0.6 is 0 Å². The third-order valence-electron chi connectivity index (χ3n) is 6.26.